The Bertz CT molecular complexity index is 1130. The van der Waals surface area contributed by atoms with E-state index in [1.165, 1.54) is 19.1 Å². The fourth-order valence-electron chi connectivity index (χ4n) is 2.91. The maximum absolute atomic E-state index is 11.7. The minimum Gasteiger partial charge on any atom is -0.395 e. The van der Waals surface area contributed by atoms with Crippen molar-refractivity contribution in [3.05, 3.63) is 46.5 Å². The first-order valence-electron chi connectivity index (χ1n) is 9.26. The summed E-state index contributed by atoms with van der Waals surface area (Å²) in [7, 11) is 0. The molecule has 1 aromatic heterocycles. The first kappa shape index (κ1) is 22.2. The zero-order chi connectivity index (χ0) is 22.4. The van der Waals surface area contributed by atoms with Crippen LogP contribution in [0.15, 0.2) is 46.6 Å². The Morgan fingerprint density at radius 2 is 1.94 bits per heavy atom. The maximum Gasteiger partial charge on any atom is 0.270 e. The molecule has 0 aliphatic rings. The number of aromatic nitrogens is 1. The third-order valence-electron chi connectivity index (χ3n) is 4.30. The molecule has 1 amide bonds. The van der Waals surface area contributed by atoms with E-state index in [1.54, 1.807) is 29.2 Å². The number of fused-ring (bicyclic) bond motifs is 1. The number of aliphatic hydroxyl groups excluding tert-OH is 2. The molecule has 0 radical (unpaired) electrons. The number of nitro benzene ring substituents is 1. The SMILES string of the molecule is CC(=O)Nc1cc(N(CCO)CCO)ccc1N=Nc1snc2ccc([N+](=O)[O-])cc12. The van der Waals surface area contributed by atoms with Gasteiger partial charge in [0.1, 0.15) is 5.69 Å². The second-order valence-electron chi connectivity index (χ2n) is 6.46. The molecule has 162 valence electrons. The van der Waals surface area contributed by atoms with Crippen LogP contribution in [-0.4, -0.2) is 51.7 Å². The van der Waals surface area contributed by atoms with Crippen LogP contribution >= 0.6 is 11.5 Å². The van der Waals surface area contributed by atoms with Gasteiger partial charge in [-0.15, -0.1) is 10.2 Å². The summed E-state index contributed by atoms with van der Waals surface area (Å²) in [5.41, 5.74) is 1.96. The number of hydrogen-bond acceptors (Lipinski definition) is 10. The number of amides is 1. The Labute approximate surface area is 181 Å². The zero-order valence-electron chi connectivity index (χ0n) is 16.6. The van der Waals surface area contributed by atoms with E-state index in [1.807, 2.05) is 0 Å². The highest BCUT2D eigenvalue weighted by Gasteiger charge is 2.13. The minimum atomic E-state index is -0.490. The summed E-state index contributed by atoms with van der Waals surface area (Å²) in [4.78, 5) is 24.0. The topological polar surface area (TPSA) is 154 Å². The van der Waals surface area contributed by atoms with Crippen molar-refractivity contribution in [2.45, 2.75) is 6.92 Å². The fraction of sp³-hybridized carbons (Fsp3) is 0.263. The third-order valence-corrected chi connectivity index (χ3v) is 5.06. The predicted molar refractivity (Wildman–Crippen MR) is 118 cm³/mol. The molecule has 11 nitrogen and oxygen atoms in total. The molecule has 1 heterocycles. The molecule has 0 fully saturated rings. The molecule has 0 bridgehead atoms. The molecule has 2 aromatic carbocycles. The first-order valence-corrected chi connectivity index (χ1v) is 10.0. The van der Waals surface area contributed by atoms with Crippen LogP contribution in [0, 0.1) is 10.1 Å². The molecule has 31 heavy (non-hydrogen) atoms. The lowest BCUT2D eigenvalue weighted by atomic mass is 10.2. The lowest BCUT2D eigenvalue weighted by Crippen LogP contribution is -2.29. The Morgan fingerprint density at radius 1 is 1.19 bits per heavy atom. The summed E-state index contributed by atoms with van der Waals surface area (Å²) in [6, 6.07) is 9.39. The van der Waals surface area contributed by atoms with E-state index in [0.717, 1.165) is 11.5 Å². The monoisotopic (exact) mass is 444 g/mol. The number of carbonyl (C=O) groups is 1. The smallest absolute Gasteiger partial charge is 0.270 e. The van der Waals surface area contributed by atoms with Crippen molar-refractivity contribution in [3.63, 3.8) is 0 Å². The van der Waals surface area contributed by atoms with Crippen molar-refractivity contribution >= 4 is 56.1 Å². The maximum atomic E-state index is 11.7. The number of nitrogens with zero attached hydrogens (tertiary/aromatic N) is 5. The normalized spacial score (nSPS) is 11.2. The quantitative estimate of drug-likeness (QED) is 0.260. The molecular formula is C19H20N6O5S. The standard InChI is InChI=1S/C19H20N6O5S/c1-12(28)20-18-11-13(24(6-8-26)7-9-27)2-5-17(18)21-22-19-15-10-14(25(29)30)3-4-16(15)23-31-19/h2-5,10-11,26-27H,6-9H2,1H3,(H,20,28). The van der Waals surface area contributed by atoms with Crippen molar-refractivity contribution in [1.82, 2.24) is 4.37 Å². The van der Waals surface area contributed by atoms with Crippen LogP contribution in [0.2, 0.25) is 0 Å². The van der Waals surface area contributed by atoms with E-state index in [4.69, 9.17) is 0 Å². The van der Waals surface area contributed by atoms with Gasteiger partial charge >= 0.3 is 0 Å². The van der Waals surface area contributed by atoms with Crippen molar-refractivity contribution in [1.29, 1.82) is 0 Å². The summed E-state index contributed by atoms with van der Waals surface area (Å²) in [6.45, 7) is 1.80. The second kappa shape index (κ2) is 10.0. The number of nitro groups is 1. The number of nitrogens with one attached hydrogen (secondary N) is 1. The number of azo groups is 1. The zero-order valence-corrected chi connectivity index (χ0v) is 17.4. The highest BCUT2D eigenvalue weighted by molar-refractivity contribution is 7.11. The minimum absolute atomic E-state index is 0.0692. The highest BCUT2D eigenvalue weighted by Crippen LogP contribution is 2.36. The van der Waals surface area contributed by atoms with E-state index in [2.05, 4.69) is 19.9 Å². The molecule has 0 saturated heterocycles. The molecule has 3 N–H and O–H groups in total. The lowest BCUT2D eigenvalue weighted by molar-refractivity contribution is -0.384. The number of anilines is 2. The molecule has 3 aromatic rings. The van der Waals surface area contributed by atoms with Gasteiger partial charge in [0.05, 0.1) is 29.3 Å². The number of benzene rings is 2. The molecule has 0 atom stereocenters. The van der Waals surface area contributed by atoms with E-state index >= 15 is 0 Å². The fourth-order valence-corrected chi connectivity index (χ4v) is 3.59. The van der Waals surface area contributed by atoms with Crippen LogP contribution in [-0.2, 0) is 4.79 Å². The van der Waals surface area contributed by atoms with E-state index in [9.17, 15) is 25.1 Å². The lowest BCUT2D eigenvalue weighted by Gasteiger charge is -2.23. The number of hydrogen-bond donors (Lipinski definition) is 3. The molecule has 0 spiro atoms. The number of rotatable bonds is 9. The van der Waals surface area contributed by atoms with Crippen molar-refractivity contribution in [3.8, 4) is 0 Å². The van der Waals surface area contributed by atoms with E-state index < -0.39 is 4.92 Å². The number of aliphatic hydroxyl groups is 2. The van der Waals surface area contributed by atoms with Gasteiger partial charge in [0.25, 0.3) is 5.69 Å². The largest absolute Gasteiger partial charge is 0.395 e. The highest BCUT2D eigenvalue weighted by atomic mass is 32.1. The summed E-state index contributed by atoms with van der Waals surface area (Å²) < 4.78 is 4.22. The summed E-state index contributed by atoms with van der Waals surface area (Å²) >= 11 is 1.06. The summed E-state index contributed by atoms with van der Waals surface area (Å²) in [5.74, 6) is -0.302. The van der Waals surface area contributed by atoms with Crippen LogP contribution in [0.3, 0.4) is 0 Å². The Balaban J connectivity index is 1.97. The number of non-ortho nitro benzene ring substituents is 1. The van der Waals surface area contributed by atoms with Gasteiger partial charge < -0.3 is 20.4 Å². The van der Waals surface area contributed by atoms with Gasteiger partial charge in [-0.3, -0.25) is 14.9 Å². The van der Waals surface area contributed by atoms with Crippen LogP contribution in [0.4, 0.5) is 27.8 Å². The van der Waals surface area contributed by atoms with E-state index in [-0.39, 0.29) is 24.8 Å². The van der Waals surface area contributed by atoms with Gasteiger partial charge in [-0.05, 0) is 35.8 Å². The van der Waals surface area contributed by atoms with Crippen LogP contribution in [0.1, 0.15) is 6.92 Å². The van der Waals surface area contributed by atoms with Crippen molar-refractivity contribution < 1.29 is 19.9 Å². The Morgan fingerprint density at radius 3 is 2.58 bits per heavy atom. The molecule has 0 aliphatic heterocycles. The molecule has 3 rings (SSSR count). The Kier molecular flexibility index (Phi) is 7.18. The first-order chi connectivity index (χ1) is 14.9. The van der Waals surface area contributed by atoms with Crippen molar-refractivity contribution in [2.75, 3.05) is 36.5 Å². The molecule has 0 unspecified atom stereocenters. The van der Waals surface area contributed by atoms with Gasteiger partial charge in [-0.2, -0.15) is 4.37 Å². The Hall–Kier alpha value is -3.48. The summed E-state index contributed by atoms with van der Waals surface area (Å²) in [5, 5.41) is 41.6. The van der Waals surface area contributed by atoms with E-state index in [0.29, 0.717) is 46.1 Å². The molecule has 0 aliphatic carbocycles. The van der Waals surface area contributed by atoms with Crippen LogP contribution in [0.5, 0.6) is 0 Å². The van der Waals surface area contributed by atoms with Crippen LogP contribution in [0.25, 0.3) is 10.9 Å². The van der Waals surface area contributed by atoms with Gasteiger partial charge in [-0.25, -0.2) is 0 Å². The molecule has 12 heteroatoms. The van der Waals surface area contributed by atoms with Gasteiger partial charge in [0, 0.05) is 43.2 Å². The van der Waals surface area contributed by atoms with Gasteiger partial charge in [-0.1, -0.05) is 0 Å². The van der Waals surface area contributed by atoms with Gasteiger partial charge in [0.15, 0.2) is 5.00 Å². The summed E-state index contributed by atoms with van der Waals surface area (Å²) in [6.07, 6.45) is 0. The van der Waals surface area contributed by atoms with Crippen LogP contribution < -0.4 is 10.2 Å². The van der Waals surface area contributed by atoms with Crippen molar-refractivity contribution in [2.24, 2.45) is 10.2 Å². The number of carbonyl (C=O) groups excluding carboxylic acids is 1. The molecular weight excluding hydrogens is 424 g/mol. The molecule has 0 saturated carbocycles. The van der Waals surface area contributed by atoms with Gasteiger partial charge in [0.2, 0.25) is 5.91 Å². The second-order valence-corrected chi connectivity index (χ2v) is 7.22. The average Bonchev–Trinajstić information content (AvgIpc) is 3.14. The predicted octanol–water partition coefficient (Wildman–Crippen LogP) is 3.37. The average molecular weight is 444 g/mol. The third kappa shape index (κ3) is 5.36.